The predicted molar refractivity (Wildman–Crippen MR) is 78.4 cm³/mol. The van der Waals surface area contributed by atoms with Crippen LogP contribution < -0.4 is 0 Å². The Morgan fingerprint density at radius 3 is 2.18 bits per heavy atom. The number of benzene rings is 2. The van der Waals surface area contributed by atoms with E-state index in [0.29, 0.717) is 6.42 Å². The maximum atomic E-state index is 12.0. The second-order valence-electron chi connectivity index (χ2n) is 4.09. The SMILES string of the molecule is Cc1ccc(CC(=O)c2ccc(I)cc2)cc1. The van der Waals surface area contributed by atoms with Crippen molar-refractivity contribution in [3.63, 3.8) is 0 Å². The number of carbonyl (C=O) groups is 1. The fourth-order valence-electron chi connectivity index (χ4n) is 1.63. The van der Waals surface area contributed by atoms with Gasteiger partial charge >= 0.3 is 0 Å². The molecule has 2 aromatic rings. The molecule has 0 saturated carbocycles. The van der Waals surface area contributed by atoms with E-state index in [-0.39, 0.29) is 5.78 Å². The van der Waals surface area contributed by atoms with Gasteiger partial charge in [-0.2, -0.15) is 0 Å². The number of ketones is 1. The second-order valence-corrected chi connectivity index (χ2v) is 5.34. The van der Waals surface area contributed by atoms with Crippen molar-refractivity contribution in [2.24, 2.45) is 0 Å². The molecule has 86 valence electrons. The van der Waals surface area contributed by atoms with Crippen LogP contribution in [0.2, 0.25) is 0 Å². The number of Topliss-reactive ketones (excluding diaryl/α,β-unsaturated/α-hetero) is 1. The second kappa shape index (κ2) is 5.45. The minimum atomic E-state index is 0.172. The molecule has 0 amide bonds. The number of hydrogen-bond donors (Lipinski definition) is 0. The van der Waals surface area contributed by atoms with Crippen molar-refractivity contribution in [2.45, 2.75) is 13.3 Å². The summed E-state index contributed by atoms with van der Waals surface area (Å²) in [5, 5.41) is 0. The van der Waals surface area contributed by atoms with Crippen LogP contribution in [0.4, 0.5) is 0 Å². The van der Waals surface area contributed by atoms with Crippen molar-refractivity contribution in [2.75, 3.05) is 0 Å². The standard InChI is InChI=1S/C15H13IO/c1-11-2-4-12(5-3-11)10-15(17)13-6-8-14(16)9-7-13/h2-9H,10H2,1H3. The highest BCUT2D eigenvalue weighted by Gasteiger charge is 2.06. The van der Waals surface area contributed by atoms with Gasteiger partial charge in [0, 0.05) is 15.6 Å². The van der Waals surface area contributed by atoms with E-state index >= 15 is 0 Å². The molecule has 0 aliphatic heterocycles. The van der Waals surface area contributed by atoms with Gasteiger partial charge in [0.25, 0.3) is 0 Å². The molecule has 0 saturated heterocycles. The Kier molecular flexibility index (Phi) is 3.94. The van der Waals surface area contributed by atoms with Gasteiger partial charge in [-0.15, -0.1) is 0 Å². The molecule has 0 N–H and O–H groups in total. The van der Waals surface area contributed by atoms with Crippen LogP contribution in [0.3, 0.4) is 0 Å². The third-order valence-electron chi connectivity index (χ3n) is 2.65. The molecule has 1 nitrogen and oxygen atoms in total. The zero-order valence-electron chi connectivity index (χ0n) is 9.61. The van der Waals surface area contributed by atoms with E-state index in [1.807, 2.05) is 55.5 Å². The Morgan fingerprint density at radius 2 is 1.59 bits per heavy atom. The maximum Gasteiger partial charge on any atom is 0.167 e. The van der Waals surface area contributed by atoms with Crippen molar-refractivity contribution in [1.82, 2.24) is 0 Å². The summed E-state index contributed by atoms with van der Waals surface area (Å²) in [6, 6.07) is 15.8. The van der Waals surface area contributed by atoms with Crippen LogP contribution in [0, 0.1) is 10.5 Å². The molecule has 0 aliphatic carbocycles. The van der Waals surface area contributed by atoms with Crippen molar-refractivity contribution < 1.29 is 4.79 Å². The van der Waals surface area contributed by atoms with Gasteiger partial charge in [0.15, 0.2) is 5.78 Å². The molecule has 0 spiro atoms. The first-order valence-corrected chi connectivity index (χ1v) is 6.57. The zero-order chi connectivity index (χ0) is 12.3. The Hall–Kier alpha value is -1.16. The quantitative estimate of drug-likeness (QED) is 0.611. The lowest BCUT2D eigenvalue weighted by atomic mass is 10.0. The van der Waals surface area contributed by atoms with E-state index in [4.69, 9.17) is 0 Å². The number of carbonyl (C=O) groups excluding carboxylic acids is 1. The van der Waals surface area contributed by atoms with Crippen LogP contribution in [-0.4, -0.2) is 5.78 Å². The van der Waals surface area contributed by atoms with Gasteiger partial charge in [-0.25, -0.2) is 0 Å². The Morgan fingerprint density at radius 1 is 1.00 bits per heavy atom. The molecule has 0 heterocycles. The number of halogens is 1. The van der Waals surface area contributed by atoms with Crippen LogP contribution >= 0.6 is 22.6 Å². The summed E-state index contributed by atoms with van der Waals surface area (Å²) in [6.07, 6.45) is 0.473. The fraction of sp³-hybridized carbons (Fsp3) is 0.133. The minimum absolute atomic E-state index is 0.172. The molecule has 2 rings (SSSR count). The molecule has 0 aromatic heterocycles. The van der Waals surface area contributed by atoms with E-state index in [2.05, 4.69) is 22.6 Å². The largest absolute Gasteiger partial charge is 0.294 e. The number of hydrogen-bond acceptors (Lipinski definition) is 1. The number of aryl methyl sites for hydroxylation is 1. The van der Waals surface area contributed by atoms with Gasteiger partial charge in [-0.3, -0.25) is 4.79 Å². The summed E-state index contributed by atoms with van der Waals surface area (Å²) in [5.74, 6) is 0.172. The van der Waals surface area contributed by atoms with Crippen LogP contribution in [0.15, 0.2) is 48.5 Å². The van der Waals surface area contributed by atoms with E-state index in [0.717, 1.165) is 14.7 Å². The third-order valence-corrected chi connectivity index (χ3v) is 3.37. The lowest BCUT2D eigenvalue weighted by Gasteiger charge is -2.02. The summed E-state index contributed by atoms with van der Waals surface area (Å²) >= 11 is 2.24. The summed E-state index contributed by atoms with van der Waals surface area (Å²) in [4.78, 5) is 12.0. The highest BCUT2D eigenvalue weighted by atomic mass is 127. The van der Waals surface area contributed by atoms with Crippen molar-refractivity contribution in [1.29, 1.82) is 0 Å². The van der Waals surface area contributed by atoms with Crippen molar-refractivity contribution in [3.05, 3.63) is 68.8 Å². The third kappa shape index (κ3) is 3.40. The monoisotopic (exact) mass is 336 g/mol. The molecule has 0 radical (unpaired) electrons. The lowest BCUT2D eigenvalue weighted by molar-refractivity contribution is 0.0993. The van der Waals surface area contributed by atoms with Gasteiger partial charge in [-0.05, 0) is 47.2 Å². The van der Waals surface area contributed by atoms with Crippen LogP contribution in [-0.2, 0) is 6.42 Å². The molecule has 17 heavy (non-hydrogen) atoms. The Balaban J connectivity index is 2.11. The maximum absolute atomic E-state index is 12.0. The van der Waals surface area contributed by atoms with Crippen LogP contribution in [0.5, 0.6) is 0 Å². The smallest absolute Gasteiger partial charge is 0.167 e. The lowest BCUT2D eigenvalue weighted by Crippen LogP contribution is -2.03. The molecule has 2 aromatic carbocycles. The van der Waals surface area contributed by atoms with E-state index in [1.165, 1.54) is 5.56 Å². The van der Waals surface area contributed by atoms with Gasteiger partial charge in [0.1, 0.15) is 0 Å². The molecule has 0 aliphatic rings. The predicted octanol–water partition coefficient (Wildman–Crippen LogP) is 4.03. The summed E-state index contributed by atoms with van der Waals surface area (Å²) in [5.41, 5.74) is 3.07. The number of rotatable bonds is 3. The normalized spacial score (nSPS) is 10.2. The topological polar surface area (TPSA) is 17.1 Å². The highest BCUT2D eigenvalue weighted by Crippen LogP contribution is 2.11. The van der Waals surface area contributed by atoms with Crippen molar-refractivity contribution in [3.8, 4) is 0 Å². The van der Waals surface area contributed by atoms with E-state index < -0.39 is 0 Å². The fourth-order valence-corrected chi connectivity index (χ4v) is 1.99. The Labute approximate surface area is 115 Å². The van der Waals surface area contributed by atoms with E-state index in [1.54, 1.807) is 0 Å². The molecular formula is C15H13IO. The first-order chi connectivity index (χ1) is 8.15. The minimum Gasteiger partial charge on any atom is -0.294 e. The molecule has 0 fully saturated rings. The molecule has 0 bridgehead atoms. The van der Waals surface area contributed by atoms with Gasteiger partial charge in [-0.1, -0.05) is 42.0 Å². The Bertz CT molecular complexity index is 512. The van der Waals surface area contributed by atoms with E-state index in [9.17, 15) is 4.79 Å². The van der Waals surface area contributed by atoms with Gasteiger partial charge < -0.3 is 0 Å². The molecule has 0 atom stereocenters. The van der Waals surface area contributed by atoms with Crippen molar-refractivity contribution >= 4 is 28.4 Å². The first-order valence-electron chi connectivity index (χ1n) is 5.49. The zero-order valence-corrected chi connectivity index (χ0v) is 11.8. The summed E-state index contributed by atoms with van der Waals surface area (Å²) in [7, 11) is 0. The average Bonchev–Trinajstić information content (AvgIpc) is 2.33. The summed E-state index contributed by atoms with van der Waals surface area (Å²) in [6.45, 7) is 2.05. The van der Waals surface area contributed by atoms with Crippen LogP contribution in [0.1, 0.15) is 21.5 Å². The first kappa shape index (κ1) is 12.3. The van der Waals surface area contributed by atoms with Gasteiger partial charge in [0.2, 0.25) is 0 Å². The molecule has 0 unspecified atom stereocenters. The molecular weight excluding hydrogens is 323 g/mol. The van der Waals surface area contributed by atoms with Crippen LogP contribution in [0.25, 0.3) is 0 Å². The molecule has 2 heteroatoms. The summed E-state index contributed by atoms with van der Waals surface area (Å²) < 4.78 is 1.15. The average molecular weight is 336 g/mol. The van der Waals surface area contributed by atoms with Gasteiger partial charge in [0.05, 0.1) is 0 Å². The highest BCUT2D eigenvalue weighted by molar-refractivity contribution is 14.1.